The molecular weight excluding hydrogens is 358 g/mol. The van der Waals surface area contributed by atoms with Crippen LogP contribution in [0.3, 0.4) is 0 Å². The maximum Gasteiger partial charge on any atom is 0.261 e. The fourth-order valence-electron chi connectivity index (χ4n) is 3.34. The Balaban J connectivity index is 1.77. The van der Waals surface area contributed by atoms with E-state index in [4.69, 9.17) is 18.9 Å². The minimum absolute atomic E-state index is 0.204. The number of ether oxygens (including phenoxy) is 4. The van der Waals surface area contributed by atoms with Gasteiger partial charge in [-0.3, -0.25) is 4.79 Å². The molecule has 0 bridgehead atoms. The Morgan fingerprint density at radius 2 is 1.86 bits per heavy atom. The summed E-state index contributed by atoms with van der Waals surface area (Å²) in [5.41, 5.74) is 0.503. The number of nitrogens with one attached hydrogen (secondary N) is 1. The zero-order chi connectivity index (χ0) is 20.3. The van der Waals surface area contributed by atoms with Crippen molar-refractivity contribution in [1.82, 2.24) is 5.32 Å². The number of carbonyl (C=O) groups excluding carboxylic acids is 1. The van der Waals surface area contributed by atoms with E-state index in [-0.39, 0.29) is 11.9 Å². The highest BCUT2D eigenvalue weighted by Gasteiger charge is 2.35. The molecule has 0 aromatic heterocycles. The Kier molecular flexibility index (Phi) is 5.68. The van der Waals surface area contributed by atoms with E-state index in [0.717, 1.165) is 17.1 Å². The van der Waals surface area contributed by atoms with Gasteiger partial charge in [0.1, 0.15) is 17.1 Å². The predicted octanol–water partition coefficient (Wildman–Crippen LogP) is 3.89. The predicted molar refractivity (Wildman–Crippen MR) is 106 cm³/mol. The van der Waals surface area contributed by atoms with Crippen LogP contribution in [0.1, 0.15) is 38.8 Å². The summed E-state index contributed by atoms with van der Waals surface area (Å²) in [6.45, 7) is 5.74. The number of methoxy groups -OCH3 is 2. The van der Waals surface area contributed by atoms with Gasteiger partial charge in [-0.15, -0.1) is 0 Å². The molecule has 0 spiro atoms. The highest BCUT2D eigenvalue weighted by atomic mass is 16.5. The molecule has 2 atom stereocenters. The molecule has 0 saturated heterocycles. The summed E-state index contributed by atoms with van der Waals surface area (Å²) in [5, 5.41) is 3.10. The Morgan fingerprint density at radius 1 is 1.14 bits per heavy atom. The van der Waals surface area contributed by atoms with Gasteiger partial charge in [-0.2, -0.15) is 0 Å². The number of hydrogen-bond acceptors (Lipinski definition) is 5. The molecule has 2 aromatic rings. The molecule has 0 fully saturated rings. The van der Waals surface area contributed by atoms with E-state index in [1.807, 2.05) is 44.2 Å². The fourth-order valence-corrected chi connectivity index (χ4v) is 3.34. The number of fused-ring (bicyclic) bond motifs is 1. The quantitative estimate of drug-likeness (QED) is 0.817. The summed E-state index contributed by atoms with van der Waals surface area (Å²) in [5.74, 6) is 2.38. The topological polar surface area (TPSA) is 66.0 Å². The highest BCUT2D eigenvalue weighted by Crippen LogP contribution is 2.41. The van der Waals surface area contributed by atoms with Gasteiger partial charge in [-0.25, -0.2) is 0 Å². The van der Waals surface area contributed by atoms with Gasteiger partial charge in [0.25, 0.3) is 5.91 Å². The number of hydrogen-bond donors (Lipinski definition) is 1. The first-order valence-corrected chi connectivity index (χ1v) is 9.30. The van der Waals surface area contributed by atoms with Crippen molar-refractivity contribution < 1.29 is 23.7 Å². The van der Waals surface area contributed by atoms with Crippen LogP contribution < -0.4 is 24.3 Å². The molecule has 6 heteroatoms. The first kappa shape index (κ1) is 19.9. The van der Waals surface area contributed by atoms with Gasteiger partial charge in [-0.05, 0) is 51.1 Å². The van der Waals surface area contributed by atoms with Crippen LogP contribution in [-0.4, -0.2) is 31.8 Å². The molecular formula is C22H27NO5. The Labute approximate surface area is 165 Å². The maximum atomic E-state index is 12.8. The van der Waals surface area contributed by atoms with Crippen molar-refractivity contribution in [2.75, 3.05) is 14.2 Å². The molecule has 0 unspecified atom stereocenters. The van der Waals surface area contributed by atoms with Crippen LogP contribution in [0, 0.1) is 0 Å². The van der Waals surface area contributed by atoms with E-state index in [0.29, 0.717) is 17.9 Å². The summed E-state index contributed by atoms with van der Waals surface area (Å²) in [7, 11) is 3.19. The van der Waals surface area contributed by atoms with Gasteiger partial charge in [0.15, 0.2) is 17.6 Å². The lowest BCUT2D eigenvalue weighted by Crippen LogP contribution is -2.44. The Morgan fingerprint density at radius 3 is 2.54 bits per heavy atom. The summed E-state index contributed by atoms with van der Waals surface area (Å²) < 4.78 is 22.5. The van der Waals surface area contributed by atoms with Crippen molar-refractivity contribution in [2.24, 2.45) is 0 Å². The molecule has 1 aliphatic rings. The standard InChI is InChI=1S/C22H27NO5/c1-14(27-20-9-7-6-8-19(20)26-5)21(24)23-17-13-22(2,3)28-18-11-10-15(25-4)12-16(17)18/h6-12,14,17H,13H2,1-5H3,(H,23,24)/t14-,17+/m0/s1. The van der Waals surface area contributed by atoms with E-state index in [1.54, 1.807) is 33.3 Å². The largest absolute Gasteiger partial charge is 0.497 e. The number of para-hydroxylation sites is 2. The van der Waals surface area contributed by atoms with E-state index in [2.05, 4.69) is 5.32 Å². The number of benzene rings is 2. The zero-order valence-electron chi connectivity index (χ0n) is 16.9. The SMILES string of the molecule is COc1ccc2c(c1)[C@H](NC(=O)[C@H](C)Oc1ccccc1OC)CC(C)(C)O2. The van der Waals surface area contributed by atoms with Crippen LogP contribution in [0.5, 0.6) is 23.0 Å². The van der Waals surface area contributed by atoms with E-state index >= 15 is 0 Å². The van der Waals surface area contributed by atoms with E-state index in [9.17, 15) is 4.79 Å². The average Bonchev–Trinajstić information content (AvgIpc) is 2.67. The van der Waals surface area contributed by atoms with Crippen molar-refractivity contribution in [1.29, 1.82) is 0 Å². The molecule has 3 rings (SSSR count). The van der Waals surface area contributed by atoms with Crippen molar-refractivity contribution >= 4 is 5.91 Å². The van der Waals surface area contributed by atoms with Crippen LogP contribution in [0.25, 0.3) is 0 Å². The van der Waals surface area contributed by atoms with Gasteiger partial charge < -0.3 is 24.3 Å². The second kappa shape index (κ2) is 8.00. The lowest BCUT2D eigenvalue weighted by Gasteiger charge is -2.38. The Bertz CT molecular complexity index is 849. The lowest BCUT2D eigenvalue weighted by molar-refractivity contribution is -0.128. The molecule has 2 aromatic carbocycles. The third kappa shape index (κ3) is 4.32. The van der Waals surface area contributed by atoms with Crippen molar-refractivity contribution in [3.63, 3.8) is 0 Å². The van der Waals surface area contributed by atoms with Crippen LogP contribution in [0.2, 0.25) is 0 Å². The van der Waals surface area contributed by atoms with Crippen LogP contribution >= 0.6 is 0 Å². The van der Waals surface area contributed by atoms with Crippen molar-refractivity contribution in [3.8, 4) is 23.0 Å². The van der Waals surface area contributed by atoms with Crippen molar-refractivity contribution in [3.05, 3.63) is 48.0 Å². The normalized spacial score (nSPS) is 18.2. The maximum absolute atomic E-state index is 12.8. The van der Waals surface area contributed by atoms with E-state index < -0.39 is 11.7 Å². The zero-order valence-corrected chi connectivity index (χ0v) is 16.9. The Hall–Kier alpha value is -2.89. The number of amides is 1. The summed E-state index contributed by atoms with van der Waals surface area (Å²) in [4.78, 5) is 12.8. The van der Waals surface area contributed by atoms with Gasteiger partial charge in [-0.1, -0.05) is 12.1 Å². The number of carbonyl (C=O) groups is 1. The number of rotatable bonds is 6. The van der Waals surface area contributed by atoms with E-state index in [1.165, 1.54) is 0 Å². The van der Waals surface area contributed by atoms with Crippen LogP contribution in [0.4, 0.5) is 0 Å². The van der Waals surface area contributed by atoms with Crippen LogP contribution in [-0.2, 0) is 4.79 Å². The summed E-state index contributed by atoms with van der Waals surface area (Å²) in [6.07, 6.45) is -0.0448. The molecule has 0 radical (unpaired) electrons. The fraction of sp³-hybridized carbons (Fsp3) is 0.409. The molecule has 28 heavy (non-hydrogen) atoms. The third-order valence-corrected chi connectivity index (χ3v) is 4.73. The second-order valence-corrected chi connectivity index (χ2v) is 7.44. The highest BCUT2D eigenvalue weighted by molar-refractivity contribution is 5.81. The minimum atomic E-state index is -0.684. The molecule has 1 amide bonds. The lowest BCUT2D eigenvalue weighted by atomic mass is 9.89. The molecule has 0 aliphatic carbocycles. The second-order valence-electron chi connectivity index (χ2n) is 7.44. The molecule has 1 N–H and O–H groups in total. The molecule has 1 aliphatic heterocycles. The van der Waals surface area contributed by atoms with Gasteiger partial charge in [0, 0.05) is 12.0 Å². The monoisotopic (exact) mass is 385 g/mol. The first-order valence-electron chi connectivity index (χ1n) is 9.30. The molecule has 1 heterocycles. The summed E-state index contributed by atoms with van der Waals surface area (Å²) >= 11 is 0. The van der Waals surface area contributed by atoms with Gasteiger partial charge in [0.2, 0.25) is 0 Å². The average molecular weight is 385 g/mol. The molecule has 6 nitrogen and oxygen atoms in total. The van der Waals surface area contributed by atoms with Crippen LogP contribution in [0.15, 0.2) is 42.5 Å². The van der Waals surface area contributed by atoms with Gasteiger partial charge in [0.05, 0.1) is 20.3 Å². The van der Waals surface area contributed by atoms with Crippen molar-refractivity contribution in [2.45, 2.75) is 44.9 Å². The molecule has 150 valence electrons. The smallest absolute Gasteiger partial charge is 0.261 e. The first-order chi connectivity index (χ1) is 13.3. The van der Waals surface area contributed by atoms with Gasteiger partial charge >= 0.3 is 0 Å². The minimum Gasteiger partial charge on any atom is -0.497 e. The third-order valence-electron chi connectivity index (χ3n) is 4.73. The molecule has 0 saturated carbocycles. The summed E-state index contributed by atoms with van der Waals surface area (Å²) in [6, 6.07) is 12.7.